The summed E-state index contributed by atoms with van der Waals surface area (Å²) in [5, 5.41) is 0. The molecular weight excluding hydrogens is 112 g/mol. The average Bonchev–Trinajstić information content (AvgIpc) is 2.47. The summed E-state index contributed by atoms with van der Waals surface area (Å²) in [5.74, 6) is 0.676. The Kier molecular flexibility index (Phi) is 2.09. The van der Waals surface area contributed by atoms with Gasteiger partial charge >= 0.3 is 0 Å². The Bertz CT molecular complexity index is 90.9. The van der Waals surface area contributed by atoms with E-state index < -0.39 is 0 Å². The Labute approximate surface area is 57.0 Å². The first-order valence-corrected chi connectivity index (χ1v) is 3.68. The van der Waals surface area contributed by atoms with E-state index in [-0.39, 0.29) is 0 Å². The minimum Gasteiger partial charge on any atom is -0.330 e. The smallest absolute Gasteiger partial charge is 0.0195 e. The van der Waals surface area contributed by atoms with Gasteiger partial charge in [0.05, 0.1) is 0 Å². The van der Waals surface area contributed by atoms with Gasteiger partial charge in [0.2, 0.25) is 0 Å². The van der Waals surface area contributed by atoms with Crippen molar-refractivity contribution in [2.45, 2.75) is 19.9 Å². The van der Waals surface area contributed by atoms with E-state index in [0.717, 1.165) is 12.6 Å². The monoisotopic (exact) mass is 128 g/mol. The fourth-order valence-electron chi connectivity index (χ4n) is 1.02. The number of rotatable bonds is 3. The Morgan fingerprint density at radius 3 is 2.67 bits per heavy atom. The number of hydrogen-bond acceptors (Lipinski definition) is 2. The summed E-state index contributed by atoms with van der Waals surface area (Å²) in [6, 6.07) is 0.832. The van der Waals surface area contributed by atoms with Crippen molar-refractivity contribution < 1.29 is 0 Å². The van der Waals surface area contributed by atoms with Gasteiger partial charge in [-0.1, -0.05) is 6.92 Å². The Morgan fingerprint density at radius 2 is 2.33 bits per heavy atom. The summed E-state index contributed by atoms with van der Waals surface area (Å²) in [7, 11) is 0. The lowest BCUT2D eigenvalue weighted by Crippen LogP contribution is -2.20. The lowest BCUT2D eigenvalue weighted by molar-refractivity contribution is 0.418. The molecule has 0 amide bonds. The Balaban J connectivity index is 2.05. The van der Waals surface area contributed by atoms with Gasteiger partial charge in [-0.05, 0) is 19.4 Å². The molecule has 0 spiro atoms. The number of nitrogens with two attached hydrogens (primary N) is 1. The first-order chi connectivity index (χ1) is 4.24. The summed E-state index contributed by atoms with van der Waals surface area (Å²) >= 11 is 0. The summed E-state index contributed by atoms with van der Waals surface area (Å²) in [4.78, 5) is 2.44. The highest BCUT2D eigenvalue weighted by molar-refractivity contribution is 4.85. The van der Waals surface area contributed by atoms with Crippen molar-refractivity contribution in [1.29, 1.82) is 0 Å². The predicted octanol–water partition coefficient (Wildman–Crippen LogP) is 0.285. The van der Waals surface area contributed by atoms with Crippen molar-refractivity contribution in [3.05, 3.63) is 0 Å². The van der Waals surface area contributed by atoms with Crippen molar-refractivity contribution in [2.75, 3.05) is 19.6 Å². The van der Waals surface area contributed by atoms with Gasteiger partial charge in [-0.2, -0.15) is 0 Å². The van der Waals surface area contributed by atoms with E-state index in [2.05, 4.69) is 18.7 Å². The molecular formula is C7H16N2. The normalized spacial score (nSPS) is 36.3. The molecule has 2 nitrogen and oxygen atoms in total. The van der Waals surface area contributed by atoms with Crippen LogP contribution in [0.3, 0.4) is 0 Å². The highest BCUT2D eigenvalue weighted by atomic mass is 15.3. The number of nitrogens with zero attached hydrogens (tertiary/aromatic N) is 1. The molecule has 0 bridgehead atoms. The van der Waals surface area contributed by atoms with Crippen LogP contribution < -0.4 is 5.73 Å². The lowest BCUT2D eigenvalue weighted by atomic mass is 10.2. The second-order valence-corrected chi connectivity index (χ2v) is 3.14. The molecule has 0 aromatic rings. The Morgan fingerprint density at radius 1 is 1.78 bits per heavy atom. The van der Waals surface area contributed by atoms with E-state index in [1.165, 1.54) is 13.1 Å². The molecule has 0 saturated carbocycles. The zero-order valence-corrected chi connectivity index (χ0v) is 6.30. The fraction of sp³-hybridized carbons (Fsp3) is 1.00. The second-order valence-electron chi connectivity index (χ2n) is 3.14. The van der Waals surface area contributed by atoms with Crippen LogP contribution in [0.5, 0.6) is 0 Å². The second kappa shape index (κ2) is 2.67. The van der Waals surface area contributed by atoms with Gasteiger partial charge in [0.1, 0.15) is 0 Å². The van der Waals surface area contributed by atoms with Crippen LogP contribution >= 0.6 is 0 Å². The standard InChI is InChI=1S/C7H16N2/c1-6(3-8)4-9-5-7(9)2/h6-7H,3-5,8H2,1-2H3. The SMILES string of the molecule is CC(CN)CN1CC1C. The van der Waals surface area contributed by atoms with Crippen LogP contribution in [-0.2, 0) is 0 Å². The molecule has 1 aliphatic rings. The van der Waals surface area contributed by atoms with Gasteiger partial charge in [0.15, 0.2) is 0 Å². The zero-order chi connectivity index (χ0) is 6.85. The van der Waals surface area contributed by atoms with Gasteiger partial charge in [-0.25, -0.2) is 0 Å². The van der Waals surface area contributed by atoms with Gasteiger partial charge in [-0.15, -0.1) is 0 Å². The molecule has 1 fully saturated rings. The topological polar surface area (TPSA) is 29.0 Å². The molecule has 0 radical (unpaired) electrons. The summed E-state index contributed by atoms with van der Waals surface area (Å²) in [6.07, 6.45) is 0. The van der Waals surface area contributed by atoms with Gasteiger partial charge in [0, 0.05) is 19.1 Å². The largest absolute Gasteiger partial charge is 0.330 e. The van der Waals surface area contributed by atoms with E-state index in [4.69, 9.17) is 5.73 Å². The van der Waals surface area contributed by atoms with Crippen LogP contribution in [0, 0.1) is 5.92 Å². The Hall–Kier alpha value is -0.0800. The van der Waals surface area contributed by atoms with Crippen LogP contribution in [0.4, 0.5) is 0 Å². The van der Waals surface area contributed by atoms with Gasteiger partial charge < -0.3 is 5.73 Å². The van der Waals surface area contributed by atoms with Crippen molar-refractivity contribution >= 4 is 0 Å². The average molecular weight is 128 g/mol. The molecule has 2 N–H and O–H groups in total. The third kappa shape index (κ3) is 1.95. The molecule has 1 saturated heterocycles. The molecule has 9 heavy (non-hydrogen) atoms. The van der Waals surface area contributed by atoms with Crippen LogP contribution in [0.2, 0.25) is 0 Å². The van der Waals surface area contributed by atoms with E-state index in [9.17, 15) is 0 Å². The highest BCUT2D eigenvalue weighted by Crippen LogP contribution is 2.17. The molecule has 1 rings (SSSR count). The third-order valence-electron chi connectivity index (χ3n) is 1.94. The lowest BCUT2D eigenvalue weighted by Gasteiger charge is -2.07. The minimum absolute atomic E-state index is 0.676. The fourth-order valence-corrected chi connectivity index (χ4v) is 1.02. The minimum atomic E-state index is 0.676. The van der Waals surface area contributed by atoms with Crippen LogP contribution in [0.15, 0.2) is 0 Å². The van der Waals surface area contributed by atoms with Crippen LogP contribution in [0.1, 0.15) is 13.8 Å². The molecule has 3 unspecified atom stereocenters. The molecule has 3 atom stereocenters. The predicted molar refractivity (Wildman–Crippen MR) is 39.3 cm³/mol. The van der Waals surface area contributed by atoms with Crippen molar-refractivity contribution in [3.63, 3.8) is 0 Å². The summed E-state index contributed by atoms with van der Waals surface area (Å²) < 4.78 is 0. The molecule has 1 heterocycles. The van der Waals surface area contributed by atoms with Crippen molar-refractivity contribution in [2.24, 2.45) is 11.7 Å². The molecule has 0 aromatic heterocycles. The van der Waals surface area contributed by atoms with Gasteiger partial charge in [0.25, 0.3) is 0 Å². The highest BCUT2D eigenvalue weighted by Gasteiger charge is 2.29. The summed E-state index contributed by atoms with van der Waals surface area (Å²) in [5.41, 5.74) is 5.47. The van der Waals surface area contributed by atoms with Crippen molar-refractivity contribution in [1.82, 2.24) is 4.90 Å². The van der Waals surface area contributed by atoms with Gasteiger partial charge in [-0.3, -0.25) is 4.90 Å². The molecule has 54 valence electrons. The molecule has 0 aromatic carbocycles. The van der Waals surface area contributed by atoms with Crippen LogP contribution in [-0.4, -0.2) is 30.6 Å². The quantitative estimate of drug-likeness (QED) is 0.553. The van der Waals surface area contributed by atoms with E-state index in [0.29, 0.717) is 5.92 Å². The first-order valence-electron chi connectivity index (χ1n) is 3.68. The summed E-state index contributed by atoms with van der Waals surface area (Å²) in [6.45, 7) is 7.75. The third-order valence-corrected chi connectivity index (χ3v) is 1.94. The maximum Gasteiger partial charge on any atom is 0.0195 e. The van der Waals surface area contributed by atoms with Crippen molar-refractivity contribution in [3.8, 4) is 0 Å². The first kappa shape index (κ1) is 7.03. The van der Waals surface area contributed by atoms with E-state index in [1.54, 1.807) is 0 Å². The zero-order valence-electron chi connectivity index (χ0n) is 6.30. The van der Waals surface area contributed by atoms with Crippen LogP contribution in [0.25, 0.3) is 0 Å². The molecule has 0 aliphatic carbocycles. The maximum absolute atomic E-state index is 5.47. The molecule has 1 aliphatic heterocycles. The van der Waals surface area contributed by atoms with E-state index >= 15 is 0 Å². The number of hydrogen-bond donors (Lipinski definition) is 1. The maximum atomic E-state index is 5.47. The van der Waals surface area contributed by atoms with E-state index in [1.807, 2.05) is 0 Å². The molecule has 2 heteroatoms.